The van der Waals surface area contributed by atoms with E-state index in [-0.39, 0.29) is 16.8 Å². The van der Waals surface area contributed by atoms with Crippen LogP contribution in [0.3, 0.4) is 0 Å². The summed E-state index contributed by atoms with van der Waals surface area (Å²) in [6, 6.07) is 21.5. The standard InChI is InChI=1S/C24H24N2O3S/c1-17-13-14-20(24(27)26-18(2)15-19-9-7-8-12-22(19)26)16-23(17)25(3)30(28,29)21-10-5-4-6-11-21/h4-14,16,18H,15H2,1-3H3/t18-/m1/s1. The molecule has 0 saturated heterocycles. The van der Waals surface area contributed by atoms with Crippen molar-refractivity contribution in [2.75, 3.05) is 16.3 Å². The first-order valence-corrected chi connectivity index (χ1v) is 11.3. The lowest BCUT2D eigenvalue weighted by Gasteiger charge is -2.25. The van der Waals surface area contributed by atoms with Crippen molar-refractivity contribution in [3.05, 3.63) is 89.5 Å². The van der Waals surface area contributed by atoms with Crippen LogP contribution < -0.4 is 9.21 Å². The predicted molar refractivity (Wildman–Crippen MR) is 120 cm³/mol. The van der Waals surface area contributed by atoms with Gasteiger partial charge in [0.2, 0.25) is 0 Å². The van der Waals surface area contributed by atoms with E-state index in [1.54, 1.807) is 53.4 Å². The second-order valence-corrected chi connectivity index (χ2v) is 9.61. The number of aryl methyl sites for hydroxylation is 1. The number of anilines is 2. The SMILES string of the molecule is Cc1ccc(C(=O)N2c3ccccc3C[C@H]2C)cc1N(C)S(=O)(=O)c1ccccc1. The minimum Gasteiger partial charge on any atom is -0.305 e. The lowest BCUT2D eigenvalue weighted by Crippen LogP contribution is -2.36. The molecule has 5 nitrogen and oxygen atoms in total. The van der Waals surface area contributed by atoms with Gasteiger partial charge in [-0.1, -0.05) is 42.5 Å². The van der Waals surface area contributed by atoms with Crippen LogP contribution >= 0.6 is 0 Å². The summed E-state index contributed by atoms with van der Waals surface area (Å²) in [6.07, 6.45) is 0.808. The number of para-hydroxylation sites is 1. The molecule has 154 valence electrons. The highest BCUT2D eigenvalue weighted by Gasteiger charge is 2.32. The number of nitrogens with zero attached hydrogens (tertiary/aromatic N) is 2. The van der Waals surface area contributed by atoms with Crippen LogP contribution in [-0.4, -0.2) is 27.4 Å². The second kappa shape index (κ2) is 7.61. The summed E-state index contributed by atoms with van der Waals surface area (Å²) in [5, 5.41) is 0. The van der Waals surface area contributed by atoms with Gasteiger partial charge in [-0.25, -0.2) is 8.42 Å². The molecule has 30 heavy (non-hydrogen) atoms. The first-order valence-electron chi connectivity index (χ1n) is 9.87. The Balaban J connectivity index is 1.72. The molecule has 0 N–H and O–H groups in total. The Bertz CT molecular complexity index is 1210. The van der Waals surface area contributed by atoms with Crippen LogP contribution in [0.1, 0.15) is 28.4 Å². The summed E-state index contributed by atoms with van der Waals surface area (Å²) in [5.41, 5.74) is 3.80. The van der Waals surface area contributed by atoms with Gasteiger partial charge in [0, 0.05) is 24.3 Å². The van der Waals surface area contributed by atoms with Gasteiger partial charge in [0.15, 0.2) is 0 Å². The molecule has 1 aliphatic rings. The topological polar surface area (TPSA) is 57.7 Å². The molecule has 1 aliphatic heterocycles. The van der Waals surface area contributed by atoms with E-state index < -0.39 is 10.0 Å². The quantitative estimate of drug-likeness (QED) is 0.628. The maximum Gasteiger partial charge on any atom is 0.264 e. The van der Waals surface area contributed by atoms with Crippen LogP contribution in [0.15, 0.2) is 77.7 Å². The zero-order valence-corrected chi connectivity index (χ0v) is 18.1. The number of fused-ring (bicyclic) bond motifs is 1. The highest BCUT2D eigenvalue weighted by Crippen LogP contribution is 2.34. The molecular weight excluding hydrogens is 396 g/mol. The van der Waals surface area contributed by atoms with Crippen LogP contribution in [0.2, 0.25) is 0 Å². The van der Waals surface area contributed by atoms with Gasteiger partial charge in [-0.2, -0.15) is 0 Å². The molecule has 1 heterocycles. The van der Waals surface area contributed by atoms with Crippen molar-refractivity contribution in [1.82, 2.24) is 0 Å². The molecule has 0 saturated carbocycles. The number of sulfonamides is 1. The summed E-state index contributed by atoms with van der Waals surface area (Å²) in [7, 11) is -2.21. The van der Waals surface area contributed by atoms with Gasteiger partial charge >= 0.3 is 0 Å². The third-order valence-electron chi connectivity index (χ3n) is 5.62. The predicted octanol–water partition coefficient (Wildman–Crippen LogP) is 4.41. The number of benzene rings is 3. The number of hydrogen-bond donors (Lipinski definition) is 0. The Morgan fingerprint density at radius 2 is 1.67 bits per heavy atom. The largest absolute Gasteiger partial charge is 0.305 e. The molecule has 3 aromatic rings. The minimum absolute atomic E-state index is 0.0467. The molecule has 1 atom stereocenters. The fourth-order valence-corrected chi connectivity index (χ4v) is 5.25. The van der Waals surface area contributed by atoms with E-state index in [4.69, 9.17) is 0 Å². The lowest BCUT2D eigenvalue weighted by atomic mass is 10.1. The summed E-state index contributed by atoms with van der Waals surface area (Å²) in [5.74, 6) is -0.126. The van der Waals surface area contributed by atoms with Gasteiger partial charge in [-0.3, -0.25) is 9.10 Å². The third-order valence-corrected chi connectivity index (χ3v) is 7.41. The minimum atomic E-state index is -3.73. The Kier molecular flexibility index (Phi) is 5.12. The van der Waals surface area contributed by atoms with E-state index in [0.29, 0.717) is 11.3 Å². The Morgan fingerprint density at radius 1 is 1.00 bits per heavy atom. The van der Waals surface area contributed by atoms with E-state index >= 15 is 0 Å². The Labute approximate surface area is 177 Å². The van der Waals surface area contributed by atoms with Crippen molar-refractivity contribution in [2.45, 2.75) is 31.2 Å². The van der Waals surface area contributed by atoms with Crippen LogP contribution in [-0.2, 0) is 16.4 Å². The van der Waals surface area contributed by atoms with E-state index in [9.17, 15) is 13.2 Å². The van der Waals surface area contributed by atoms with E-state index in [2.05, 4.69) is 0 Å². The summed E-state index contributed by atoms with van der Waals surface area (Å²) in [6.45, 7) is 3.87. The number of hydrogen-bond acceptors (Lipinski definition) is 3. The molecule has 1 amide bonds. The van der Waals surface area contributed by atoms with Crippen molar-refractivity contribution in [2.24, 2.45) is 0 Å². The lowest BCUT2D eigenvalue weighted by molar-refractivity contribution is 0.0981. The van der Waals surface area contributed by atoms with Gasteiger partial charge < -0.3 is 4.90 Å². The van der Waals surface area contributed by atoms with Gasteiger partial charge in [0.1, 0.15) is 0 Å². The number of carbonyl (C=O) groups excluding carboxylic acids is 1. The Hall–Kier alpha value is -3.12. The van der Waals surface area contributed by atoms with Crippen LogP contribution in [0.4, 0.5) is 11.4 Å². The monoisotopic (exact) mass is 420 g/mol. The maximum absolute atomic E-state index is 13.4. The van der Waals surface area contributed by atoms with Crippen LogP contribution in [0, 0.1) is 6.92 Å². The number of carbonyl (C=O) groups is 1. The normalized spacial score (nSPS) is 15.7. The molecule has 3 aromatic carbocycles. The molecule has 4 rings (SSSR count). The van der Waals surface area contributed by atoms with Crippen LogP contribution in [0.25, 0.3) is 0 Å². The highest BCUT2D eigenvalue weighted by atomic mass is 32.2. The second-order valence-electron chi connectivity index (χ2n) is 7.64. The van der Waals surface area contributed by atoms with Gasteiger partial charge in [-0.15, -0.1) is 0 Å². The van der Waals surface area contributed by atoms with Crippen molar-refractivity contribution < 1.29 is 13.2 Å². The van der Waals surface area contributed by atoms with Crippen molar-refractivity contribution in [3.8, 4) is 0 Å². The molecule has 0 aliphatic carbocycles. The highest BCUT2D eigenvalue weighted by molar-refractivity contribution is 7.92. The zero-order valence-electron chi connectivity index (χ0n) is 17.2. The Morgan fingerprint density at radius 3 is 2.40 bits per heavy atom. The molecule has 0 spiro atoms. The van der Waals surface area contributed by atoms with Gasteiger partial charge in [-0.05, 0) is 61.7 Å². The summed E-state index contributed by atoms with van der Waals surface area (Å²) in [4.78, 5) is 15.4. The molecule has 0 aromatic heterocycles. The van der Waals surface area contributed by atoms with Crippen molar-refractivity contribution >= 4 is 27.3 Å². The van der Waals surface area contributed by atoms with E-state index in [1.807, 2.05) is 38.1 Å². The number of amides is 1. The van der Waals surface area contributed by atoms with E-state index in [1.165, 1.54) is 11.4 Å². The molecule has 0 fully saturated rings. The van der Waals surface area contributed by atoms with Gasteiger partial charge in [0.05, 0.1) is 10.6 Å². The smallest absolute Gasteiger partial charge is 0.264 e. The average molecular weight is 421 g/mol. The summed E-state index contributed by atoms with van der Waals surface area (Å²) < 4.78 is 27.4. The van der Waals surface area contributed by atoms with Gasteiger partial charge in [0.25, 0.3) is 15.9 Å². The molecule has 0 unspecified atom stereocenters. The fourth-order valence-electron chi connectivity index (χ4n) is 3.98. The third kappa shape index (κ3) is 3.37. The molecule has 0 bridgehead atoms. The first-order chi connectivity index (χ1) is 14.3. The van der Waals surface area contributed by atoms with Crippen molar-refractivity contribution in [3.63, 3.8) is 0 Å². The van der Waals surface area contributed by atoms with E-state index in [0.717, 1.165) is 23.2 Å². The molecular formula is C24H24N2O3S. The average Bonchev–Trinajstić information content (AvgIpc) is 3.09. The number of rotatable bonds is 4. The first kappa shape index (κ1) is 20.2. The van der Waals surface area contributed by atoms with Crippen LogP contribution in [0.5, 0.6) is 0 Å². The fraction of sp³-hybridized carbons (Fsp3) is 0.208. The van der Waals surface area contributed by atoms with Crippen molar-refractivity contribution in [1.29, 1.82) is 0 Å². The zero-order chi connectivity index (χ0) is 21.5. The molecule has 0 radical (unpaired) electrons. The summed E-state index contributed by atoms with van der Waals surface area (Å²) >= 11 is 0. The molecule has 6 heteroatoms. The maximum atomic E-state index is 13.4.